The lowest BCUT2D eigenvalue weighted by Crippen LogP contribution is -1.98. The third-order valence-electron chi connectivity index (χ3n) is 2.85. The van der Waals surface area contributed by atoms with Gasteiger partial charge in [0.15, 0.2) is 0 Å². The Kier molecular flexibility index (Phi) is 3.08. The summed E-state index contributed by atoms with van der Waals surface area (Å²) in [6.07, 6.45) is 3.30. The minimum Gasteiger partial charge on any atom is -0.384 e. The van der Waals surface area contributed by atoms with Crippen LogP contribution in [0.25, 0.3) is 11.3 Å². The molecule has 2 aromatic heterocycles. The van der Waals surface area contributed by atoms with Crippen molar-refractivity contribution in [3.05, 3.63) is 23.8 Å². The molecule has 0 fully saturated rings. The van der Waals surface area contributed by atoms with Crippen LogP contribution < -0.4 is 5.73 Å². The Morgan fingerprint density at radius 3 is 2.59 bits per heavy atom. The highest BCUT2D eigenvalue weighted by atomic mass is 15.3. The predicted molar refractivity (Wildman–Crippen MR) is 67.4 cm³/mol. The van der Waals surface area contributed by atoms with E-state index in [1.165, 1.54) is 12.0 Å². The fourth-order valence-corrected chi connectivity index (χ4v) is 2.08. The Morgan fingerprint density at radius 1 is 1.24 bits per heavy atom. The Morgan fingerprint density at radius 2 is 2.00 bits per heavy atom. The predicted octanol–water partition coefficient (Wildman–Crippen LogP) is 1.58. The second-order valence-electron chi connectivity index (χ2n) is 3.93. The number of aromatic nitrogens is 4. The molecule has 5 nitrogen and oxygen atoms in total. The van der Waals surface area contributed by atoms with Gasteiger partial charge in [-0.15, -0.1) is 0 Å². The second-order valence-corrected chi connectivity index (χ2v) is 3.93. The maximum Gasteiger partial charge on any atom is 0.127 e. The zero-order valence-corrected chi connectivity index (χ0v) is 10.4. The Balaban J connectivity index is 2.64. The van der Waals surface area contributed by atoms with Crippen molar-refractivity contribution in [1.29, 1.82) is 0 Å². The first-order chi connectivity index (χ1) is 8.17. The van der Waals surface area contributed by atoms with Gasteiger partial charge < -0.3 is 5.73 Å². The summed E-state index contributed by atoms with van der Waals surface area (Å²) < 4.78 is 1.92. The van der Waals surface area contributed by atoms with Crippen LogP contribution in [-0.4, -0.2) is 19.7 Å². The highest BCUT2D eigenvalue weighted by Gasteiger charge is 2.16. The molecule has 0 spiro atoms. The number of nitrogens with two attached hydrogens (primary N) is 1. The van der Waals surface area contributed by atoms with Crippen molar-refractivity contribution >= 4 is 5.82 Å². The van der Waals surface area contributed by atoms with Gasteiger partial charge in [0.25, 0.3) is 0 Å². The molecule has 0 unspecified atom stereocenters. The second kappa shape index (κ2) is 4.53. The molecule has 2 heterocycles. The number of hydrogen-bond donors (Lipinski definition) is 1. The maximum absolute atomic E-state index is 5.71. The van der Waals surface area contributed by atoms with E-state index >= 15 is 0 Å². The van der Waals surface area contributed by atoms with Crippen molar-refractivity contribution in [2.45, 2.75) is 26.7 Å². The molecule has 0 aliphatic rings. The Hall–Kier alpha value is -1.91. The van der Waals surface area contributed by atoms with Gasteiger partial charge in [-0.05, 0) is 12.8 Å². The van der Waals surface area contributed by atoms with Gasteiger partial charge in [-0.1, -0.05) is 13.8 Å². The molecular weight excluding hydrogens is 214 g/mol. The topological polar surface area (TPSA) is 69.6 Å². The quantitative estimate of drug-likeness (QED) is 0.870. The molecule has 0 aliphatic carbocycles. The third kappa shape index (κ3) is 2.00. The number of rotatable bonds is 3. The molecule has 0 atom stereocenters. The number of nitrogens with zero attached hydrogens (tertiary/aromatic N) is 4. The van der Waals surface area contributed by atoms with Gasteiger partial charge in [0.05, 0.1) is 11.4 Å². The van der Waals surface area contributed by atoms with E-state index in [0.29, 0.717) is 5.82 Å². The summed E-state index contributed by atoms with van der Waals surface area (Å²) in [6, 6.07) is 1.80. The van der Waals surface area contributed by atoms with Crippen molar-refractivity contribution < 1.29 is 0 Å². The molecular formula is C12H17N5. The van der Waals surface area contributed by atoms with Gasteiger partial charge in [0.1, 0.15) is 12.1 Å². The van der Waals surface area contributed by atoms with Crippen LogP contribution in [0.3, 0.4) is 0 Å². The van der Waals surface area contributed by atoms with Gasteiger partial charge in [-0.2, -0.15) is 5.10 Å². The van der Waals surface area contributed by atoms with E-state index in [4.69, 9.17) is 5.73 Å². The van der Waals surface area contributed by atoms with Crippen LogP contribution in [0.5, 0.6) is 0 Å². The van der Waals surface area contributed by atoms with E-state index in [0.717, 1.165) is 29.8 Å². The van der Waals surface area contributed by atoms with E-state index in [2.05, 4.69) is 28.9 Å². The fraction of sp³-hybridized carbons (Fsp3) is 0.417. The molecule has 0 saturated carbocycles. The Bertz CT molecular complexity index is 530. The lowest BCUT2D eigenvalue weighted by Gasteiger charge is -2.04. The van der Waals surface area contributed by atoms with Crippen LogP contribution in [0.15, 0.2) is 12.4 Å². The van der Waals surface area contributed by atoms with Gasteiger partial charge in [0, 0.05) is 24.4 Å². The van der Waals surface area contributed by atoms with Gasteiger partial charge >= 0.3 is 0 Å². The average molecular weight is 231 g/mol. The smallest absolute Gasteiger partial charge is 0.127 e. The summed E-state index contributed by atoms with van der Waals surface area (Å²) in [7, 11) is 1.96. The fourth-order valence-electron chi connectivity index (χ4n) is 2.08. The monoisotopic (exact) mass is 231 g/mol. The Labute approximate surface area is 101 Å². The summed E-state index contributed by atoms with van der Waals surface area (Å²) in [6.45, 7) is 4.21. The molecule has 0 bridgehead atoms. The molecule has 2 aromatic rings. The largest absolute Gasteiger partial charge is 0.384 e. The third-order valence-corrected chi connectivity index (χ3v) is 2.85. The highest BCUT2D eigenvalue weighted by molar-refractivity contribution is 5.67. The van der Waals surface area contributed by atoms with Gasteiger partial charge in [-0.25, -0.2) is 9.97 Å². The number of nitrogen functional groups attached to an aromatic ring is 1. The van der Waals surface area contributed by atoms with Crippen LogP contribution in [0.4, 0.5) is 5.82 Å². The lowest BCUT2D eigenvalue weighted by atomic mass is 10.1. The van der Waals surface area contributed by atoms with E-state index in [-0.39, 0.29) is 0 Å². The molecule has 0 aromatic carbocycles. The normalized spacial score (nSPS) is 10.8. The molecule has 17 heavy (non-hydrogen) atoms. The minimum absolute atomic E-state index is 0.489. The SMILES string of the molecule is CCc1nn(C)c(CC)c1-c1cc(N)ncn1. The first-order valence-electron chi connectivity index (χ1n) is 5.80. The molecule has 0 aliphatic heterocycles. The van der Waals surface area contributed by atoms with Crippen molar-refractivity contribution in [3.8, 4) is 11.3 Å². The summed E-state index contributed by atoms with van der Waals surface area (Å²) >= 11 is 0. The van der Waals surface area contributed by atoms with Crippen molar-refractivity contribution in [2.24, 2.45) is 7.05 Å². The van der Waals surface area contributed by atoms with Crippen LogP contribution in [0.2, 0.25) is 0 Å². The summed E-state index contributed by atoms with van der Waals surface area (Å²) in [5, 5.41) is 4.52. The summed E-state index contributed by atoms with van der Waals surface area (Å²) in [4.78, 5) is 8.22. The van der Waals surface area contributed by atoms with E-state index in [1.54, 1.807) is 6.07 Å². The van der Waals surface area contributed by atoms with Crippen molar-refractivity contribution in [1.82, 2.24) is 19.7 Å². The van der Waals surface area contributed by atoms with E-state index < -0.39 is 0 Å². The maximum atomic E-state index is 5.71. The highest BCUT2D eigenvalue weighted by Crippen LogP contribution is 2.27. The van der Waals surface area contributed by atoms with Crippen molar-refractivity contribution in [2.75, 3.05) is 5.73 Å². The number of hydrogen-bond acceptors (Lipinski definition) is 4. The molecule has 0 saturated heterocycles. The molecule has 0 amide bonds. The summed E-state index contributed by atoms with van der Waals surface area (Å²) in [5.41, 5.74) is 9.91. The van der Waals surface area contributed by atoms with Crippen LogP contribution in [0.1, 0.15) is 25.2 Å². The molecule has 2 N–H and O–H groups in total. The van der Waals surface area contributed by atoms with Crippen molar-refractivity contribution in [3.63, 3.8) is 0 Å². The molecule has 0 radical (unpaired) electrons. The van der Waals surface area contributed by atoms with Crippen LogP contribution in [-0.2, 0) is 19.9 Å². The summed E-state index contributed by atoms with van der Waals surface area (Å²) in [5.74, 6) is 0.489. The number of aryl methyl sites for hydroxylation is 2. The molecule has 2 rings (SSSR count). The van der Waals surface area contributed by atoms with Gasteiger partial charge in [0.2, 0.25) is 0 Å². The molecule has 5 heteroatoms. The van der Waals surface area contributed by atoms with E-state index in [1.807, 2.05) is 11.7 Å². The molecule has 90 valence electrons. The van der Waals surface area contributed by atoms with E-state index in [9.17, 15) is 0 Å². The zero-order valence-electron chi connectivity index (χ0n) is 10.4. The standard InChI is InChI=1S/C12H17N5/c1-4-8-12(10(5-2)17(3)16-8)9-6-11(13)15-7-14-9/h6-7H,4-5H2,1-3H3,(H2,13,14,15). The number of anilines is 1. The first-order valence-corrected chi connectivity index (χ1v) is 5.80. The zero-order chi connectivity index (χ0) is 12.4. The lowest BCUT2D eigenvalue weighted by molar-refractivity contribution is 0.705. The van der Waals surface area contributed by atoms with Gasteiger partial charge in [-0.3, -0.25) is 4.68 Å². The first kappa shape index (κ1) is 11.6. The van der Waals surface area contributed by atoms with Crippen LogP contribution >= 0.6 is 0 Å². The average Bonchev–Trinajstić information content (AvgIpc) is 2.65. The van der Waals surface area contributed by atoms with Crippen LogP contribution in [0, 0.1) is 0 Å². The minimum atomic E-state index is 0.489.